The van der Waals surface area contributed by atoms with Gasteiger partial charge in [0.15, 0.2) is 5.65 Å². The number of hydrogen-bond acceptors (Lipinski definition) is 5. The van der Waals surface area contributed by atoms with E-state index in [-0.39, 0.29) is 0 Å². The fourth-order valence-electron chi connectivity index (χ4n) is 1.07. The summed E-state index contributed by atoms with van der Waals surface area (Å²) in [5.74, 6) is 0. The second-order valence-corrected chi connectivity index (χ2v) is 4.57. The van der Waals surface area contributed by atoms with Crippen LogP contribution in [0.15, 0.2) is 17.8 Å². The summed E-state index contributed by atoms with van der Waals surface area (Å²) >= 11 is 3.25. The molecule has 13 heavy (non-hydrogen) atoms. The summed E-state index contributed by atoms with van der Waals surface area (Å²) in [6, 6.07) is 1.91. The van der Waals surface area contributed by atoms with Crippen LogP contribution in [0.25, 0.3) is 20.4 Å². The molecule has 0 aliphatic rings. The Morgan fingerprint density at radius 1 is 1.38 bits per heavy atom. The van der Waals surface area contributed by atoms with E-state index in [1.807, 2.05) is 11.6 Å². The first-order chi connectivity index (χ1) is 6.43. The molecule has 1 N–H and O–H groups in total. The quantitative estimate of drug-likeness (QED) is 0.666. The van der Waals surface area contributed by atoms with Gasteiger partial charge >= 0.3 is 0 Å². The zero-order chi connectivity index (χ0) is 8.67. The van der Waals surface area contributed by atoms with Crippen molar-refractivity contribution in [3.63, 3.8) is 0 Å². The highest BCUT2D eigenvalue weighted by molar-refractivity contribution is 7.38. The van der Waals surface area contributed by atoms with Crippen molar-refractivity contribution in [3.05, 3.63) is 17.8 Å². The Kier molecular flexibility index (Phi) is 1.44. The number of aromatic amines is 1. The lowest BCUT2D eigenvalue weighted by atomic mass is 10.5. The Bertz CT molecular complexity index is 493. The monoisotopic (exact) mass is 208 g/mol. The molecule has 3 aromatic heterocycles. The molecule has 0 radical (unpaired) electrons. The molecule has 0 atom stereocenters. The van der Waals surface area contributed by atoms with Crippen molar-refractivity contribution < 1.29 is 0 Å². The summed E-state index contributed by atoms with van der Waals surface area (Å²) < 4.78 is 1.16. The standard InChI is InChI=1S/C7H4N4S2/c1-2-9-11-4(1)6-10-5-7(13-6)12-3-8-5/h1-3H,(H,9,11). The highest BCUT2D eigenvalue weighted by atomic mass is 32.2. The van der Waals surface area contributed by atoms with Crippen LogP contribution in [0.2, 0.25) is 0 Å². The van der Waals surface area contributed by atoms with E-state index in [0.29, 0.717) is 0 Å². The van der Waals surface area contributed by atoms with Gasteiger partial charge < -0.3 is 0 Å². The predicted molar refractivity (Wildman–Crippen MR) is 52.9 cm³/mol. The third-order valence-electron chi connectivity index (χ3n) is 1.65. The Morgan fingerprint density at radius 3 is 3.15 bits per heavy atom. The molecule has 3 rings (SSSR count). The summed E-state index contributed by atoms with van der Waals surface area (Å²) in [5.41, 5.74) is 3.60. The van der Waals surface area contributed by atoms with Crippen LogP contribution in [0, 0.1) is 0 Å². The van der Waals surface area contributed by atoms with Crippen molar-refractivity contribution in [2.75, 3.05) is 0 Å². The van der Waals surface area contributed by atoms with Gasteiger partial charge in [0.1, 0.15) is 9.02 Å². The molecular weight excluding hydrogens is 204 g/mol. The topological polar surface area (TPSA) is 54.5 Å². The van der Waals surface area contributed by atoms with E-state index < -0.39 is 0 Å². The molecule has 0 aromatic carbocycles. The third-order valence-corrected chi connectivity index (χ3v) is 3.66. The molecule has 0 saturated carbocycles. The smallest absolute Gasteiger partial charge is 0.182 e. The fraction of sp³-hybridized carbons (Fsp3) is 0. The zero-order valence-corrected chi connectivity index (χ0v) is 8.02. The van der Waals surface area contributed by atoms with Gasteiger partial charge in [0.05, 0.1) is 11.2 Å². The van der Waals surface area contributed by atoms with Crippen molar-refractivity contribution in [1.29, 1.82) is 0 Å². The Morgan fingerprint density at radius 2 is 2.38 bits per heavy atom. The maximum atomic E-state index is 4.36. The van der Waals surface area contributed by atoms with Crippen molar-refractivity contribution >= 4 is 32.3 Å². The molecule has 0 aliphatic carbocycles. The highest BCUT2D eigenvalue weighted by Crippen LogP contribution is 2.30. The molecule has 64 valence electrons. The van der Waals surface area contributed by atoms with Gasteiger partial charge in [0.25, 0.3) is 0 Å². The number of thiazole rings is 2. The molecule has 0 aliphatic heterocycles. The Balaban J connectivity index is 2.23. The number of H-pyrrole nitrogens is 1. The third kappa shape index (κ3) is 1.06. The molecule has 3 heterocycles. The highest BCUT2D eigenvalue weighted by Gasteiger charge is 2.08. The molecule has 0 saturated heterocycles. The summed E-state index contributed by atoms with van der Waals surface area (Å²) in [7, 11) is 0. The van der Waals surface area contributed by atoms with E-state index in [0.717, 1.165) is 20.4 Å². The van der Waals surface area contributed by atoms with Gasteiger partial charge in [-0.2, -0.15) is 5.10 Å². The molecular formula is C7H4N4S2. The zero-order valence-electron chi connectivity index (χ0n) is 6.39. The average Bonchev–Trinajstić information content (AvgIpc) is 2.78. The Hall–Kier alpha value is -1.27. The van der Waals surface area contributed by atoms with Gasteiger partial charge in [0.2, 0.25) is 0 Å². The van der Waals surface area contributed by atoms with Crippen LogP contribution in [-0.2, 0) is 0 Å². The summed E-state index contributed by atoms with van der Waals surface area (Å²) in [5, 5.41) is 7.71. The Labute approximate surface area is 81.3 Å². The van der Waals surface area contributed by atoms with E-state index >= 15 is 0 Å². The SMILES string of the molecule is c1cc(-c2nc3ncsc3s2)[nH]n1. The summed E-state index contributed by atoms with van der Waals surface area (Å²) in [4.78, 5) is 8.49. The second-order valence-electron chi connectivity index (χ2n) is 2.45. The molecule has 3 aromatic rings. The largest absolute Gasteiger partial charge is 0.275 e. The van der Waals surface area contributed by atoms with E-state index in [1.54, 1.807) is 28.9 Å². The van der Waals surface area contributed by atoms with Gasteiger partial charge in [-0.1, -0.05) is 11.3 Å². The second kappa shape index (κ2) is 2.61. The van der Waals surface area contributed by atoms with Crippen LogP contribution in [0.5, 0.6) is 0 Å². The molecule has 4 nitrogen and oxygen atoms in total. The minimum atomic E-state index is 0.833. The normalized spacial score (nSPS) is 11.1. The van der Waals surface area contributed by atoms with Crippen LogP contribution >= 0.6 is 22.7 Å². The predicted octanol–water partition coefficient (Wildman–Crippen LogP) is 2.14. The van der Waals surface area contributed by atoms with Gasteiger partial charge in [0, 0.05) is 6.20 Å². The molecule has 0 unspecified atom stereocenters. The maximum absolute atomic E-state index is 4.36. The minimum absolute atomic E-state index is 0.833. The first kappa shape index (κ1) is 7.16. The van der Waals surface area contributed by atoms with Crippen LogP contribution in [-0.4, -0.2) is 20.2 Å². The van der Waals surface area contributed by atoms with Crippen molar-refractivity contribution in [2.24, 2.45) is 0 Å². The van der Waals surface area contributed by atoms with Gasteiger partial charge in [-0.05, 0) is 6.07 Å². The van der Waals surface area contributed by atoms with Gasteiger partial charge in [-0.3, -0.25) is 5.10 Å². The van der Waals surface area contributed by atoms with Crippen molar-refractivity contribution in [2.45, 2.75) is 0 Å². The van der Waals surface area contributed by atoms with Crippen LogP contribution in [0.3, 0.4) is 0 Å². The van der Waals surface area contributed by atoms with Crippen LogP contribution in [0.1, 0.15) is 0 Å². The number of aromatic nitrogens is 4. The molecule has 0 amide bonds. The fourth-order valence-corrected chi connectivity index (χ4v) is 2.80. The first-order valence-electron chi connectivity index (χ1n) is 3.63. The lowest BCUT2D eigenvalue weighted by Gasteiger charge is -1.84. The lowest BCUT2D eigenvalue weighted by molar-refractivity contribution is 1.09. The van der Waals surface area contributed by atoms with Crippen molar-refractivity contribution in [1.82, 2.24) is 20.2 Å². The van der Waals surface area contributed by atoms with E-state index in [4.69, 9.17) is 0 Å². The maximum Gasteiger partial charge on any atom is 0.182 e. The number of fused-ring (bicyclic) bond motifs is 1. The van der Waals surface area contributed by atoms with Gasteiger partial charge in [-0.15, -0.1) is 11.3 Å². The number of hydrogen-bond donors (Lipinski definition) is 1. The summed E-state index contributed by atoms with van der Waals surface area (Å²) in [6.07, 6.45) is 1.72. The number of rotatable bonds is 1. The molecule has 6 heteroatoms. The number of nitrogens with one attached hydrogen (secondary N) is 1. The van der Waals surface area contributed by atoms with E-state index in [1.165, 1.54) is 0 Å². The van der Waals surface area contributed by atoms with Crippen LogP contribution < -0.4 is 0 Å². The van der Waals surface area contributed by atoms with Gasteiger partial charge in [-0.25, -0.2) is 9.97 Å². The van der Waals surface area contributed by atoms with E-state index in [2.05, 4.69) is 20.2 Å². The summed E-state index contributed by atoms with van der Waals surface area (Å²) in [6.45, 7) is 0. The molecule has 0 bridgehead atoms. The van der Waals surface area contributed by atoms with Crippen LogP contribution in [0.4, 0.5) is 0 Å². The lowest BCUT2D eigenvalue weighted by Crippen LogP contribution is -1.75. The molecule has 0 fully saturated rings. The first-order valence-corrected chi connectivity index (χ1v) is 5.33. The minimum Gasteiger partial charge on any atom is -0.275 e. The van der Waals surface area contributed by atoms with Crippen molar-refractivity contribution in [3.8, 4) is 10.7 Å². The average molecular weight is 208 g/mol. The van der Waals surface area contributed by atoms with E-state index in [9.17, 15) is 0 Å². The molecule has 0 spiro atoms. The number of nitrogens with zero attached hydrogens (tertiary/aromatic N) is 3.